The van der Waals surface area contributed by atoms with Crippen LogP contribution in [0.3, 0.4) is 0 Å². The zero-order valence-electron chi connectivity index (χ0n) is 13.8. The molecule has 3 nitrogen and oxygen atoms in total. The van der Waals surface area contributed by atoms with Crippen molar-refractivity contribution in [3.05, 3.63) is 35.9 Å². The largest absolute Gasteiger partial charge is 0.353 e. The summed E-state index contributed by atoms with van der Waals surface area (Å²) in [6, 6.07) is 11.5. The van der Waals surface area contributed by atoms with Gasteiger partial charge in [-0.25, -0.2) is 0 Å². The fourth-order valence-corrected chi connectivity index (χ4v) is 3.98. The van der Waals surface area contributed by atoms with Crippen LogP contribution in [0.2, 0.25) is 0 Å². The molecule has 3 unspecified atom stereocenters. The number of amides is 1. The smallest absolute Gasteiger partial charge is 0.221 e. The second-order valence-electron chi connectivity index (χ2n) is 6.91. The highest BCUT2D eigenvalue weighted by molar-refractivity contribution is 5.85. The molecular formula is C19H29ClN2O. The van der Waals surface area contributed by atoms with Gasteiger partial charge in [0.25, 0.3) is 0 Å². The molecule has 1 aliphatic heterocycles. The molecule has 0 aromatic heterocycles. The minimum Gasteiger partial charge on any atom is -0.353 e. The van der Waals surface area contributed by atoms with E-state index in [9.17, 15) is 4.79 Å². The van der Waals surface area contributed by atoms with Gasteiger partial charge in [0.15, 0.2) is 0 Å². The third-order valence-electron chi connectivity index (χ3n) is 5.19. The van der Waals surface area contributed by atoms with Gasteiger partial charge in [-0.2, -0.15) is 0 Å². The topological polar surface area (TPSA) is 41.1 Å². The molecule has 3 atom stereocenters. The Bertz CT molecular complexity index is 474. The zero-order chi connectivity index (χ0) is 15.2. The van der Waals surface area contributed by atoms with Gasteiger partial charge in [0.2, 0.25) is 5.91 Å². The normalized spacial score (nSPS) is 27.2. The molecule has 1 saturated heterocycles. The van der Waals surface area contributed by atoms with Gasteiger partial charge in [-0.05, 0) is 50.1 Å². The van der Waals surface area contributed by atoms with Crippen molar-refractivity contribution in [1.82, 2.24) is 10.6 Å². The Hall–Kier alpha value is -1.06. The fourth-order valence-electron chi connectivity index (χ4n) is 3.98. The number of carbonyl (C=O) groups is 1. The van der Waals surface area contributed by atoms with Gasteiger partial charge in [0.05, 0.1) is 0 Å². The Kier molecular flexibility index (Phi) is 7.38. The molecule has 4 heteroatoms. The summed E-state index contributed by atoms with van der Waals surface area (Å²) >= 11 is 0. The molecular weight excluding hydrogens is 308 g/mol. The first-order chi connectivity index (χ1) is 10.8. The number of halogens is 1. The van der Waals surface area contributed by atoms with Crippen molar-refractivity contribution in [2.45, 2.75) is 63.5 Å². The molecule has 2 N–H and O–H groups in total. The van der Waals surface area contributed by atoms with E-state index < -0.39 is 0 Å². The average molecular weight is 337 g/mol. The third kappa shape index (κ3) is 5.50. The quantitative estimate of drug-likeness (QED) is 0.864. The Morgan fingerprint density at radius 3 is 2.61 bits per heavy atom. The molecule has 1 aromatic rings. The Morgan fingerprint density at radius 2 is 1.87 bits per heavy atom. The third-order valence-corrected chi connectivity index (χ3v) is 5.19. The lowest BCUT2D eigenvalue weighted by Crippen LogP contribution is -2.44. The molecule has 128 valence electrons. The van der Waals surface area contributed by atoms with Gasteiger partial charge in [-0.15, -0.1) is 12.4 Å². The van der Waals surface area contributed by atoms with E-state index in [1.807, 2.05) is 0 Å². The first kappa shape index (κ1) is 18.3. The molecule has 1 aliphatic carbocycles. The van der Waals surface area contributed by atoms with Crippen molar-refractivity contribution in [3.8, 4) is 0 Å². The van der Waals surface area contributed by atoms with E-state index in [-0.39, 0.29) is 18.3 Å². The first-order valence-electron chi connectivity index (χ1n) is 8.88. The summed E-state index contributed by atoms with van der Waals surface area (Å²) < 4.78 is 0. The maximum Gasteiger partial charge on any atom is 0.221 e. The van der Waals surface area contributed by atoms with Crippen LogP contribution < -0.4 is 10.6 Å². The fraction of sp³-hybridized carbons (Fsp3) is 0.632. The van der Waals surface area contributed by atoms with Gasteiger partial charge in [-0.1, -0.05) is 43.2 Å². The molecule has 1 heterocycles. The molecule has 2 aliphatic rings. The van der Waals surface area contributed by atoms with E-state index in [4.69, 9.17) is 0 Å². The second-order valence-corrected chi connectivity index (χ2v) is 6.91. The summed E-state index contributed by atoms with van der Waals surface area (Å²) in [6.07, 6.45) is 9.01. The first-order valence-corrected chi connectivity index (χ1v) is 8.88. The standard InChI is InChI=1S/C19H28N2O.ClH/c22-19(14-17-10-6-12-20-17)21-18-11-5-4-9-16(18)13-15-7-2-1-3-8-15;/h1-3,7-8,16-18,20H,4-6,9-14H2,(H,21,22);1H. The van der Waals surface area contributed by atoms with Gasteiger partial charge < -0.3 is 10.6 Å². The van der Waals surface area contributed by atoms with Crippen LogP contribution in [-0.2, 0) is 11.2 Å². The van der Waals surface area contributed by atoms with Crippen molar-refractivity contribution in [2.24, 2.45) is 5.92 Å². The highest BCUT2D eigenvalue weighted by Crippen LogP contribution is 2.27. The number of benzene rings is 1. The van der Waals surface area contributed by atoms with Gasteiger partial charge in [0.1, 0.15) is 0 Å². The number of carbonyl (C=O) groups excluding carboxylic acids is 1. The summed E-state index contributed by atoms with van der Waals surface area (Å²) in [4.78, 5) is 12.3. The summed E-state index contributed by atoms with van der Waals surface area (Å²) in [5.41, 5.74) is 1.39. The minimum absolute atomic E-state index is 0. The molecule has 3 rings (SSSR count). The summed E-state index contributed by atoms with van der Waals surface area (Å²) in [7, 11) is 0. The van der Waals surface area contributed by atoms with E-state index in [1.54, 1.807) is 0 Å². The van der Waals surface area contributed by atoms with E-state index >= 15 is 0 Å². The van der Waals surface area contributed by atoms with Crippen molar-refractivity contribution in [1.29, 1.82) is 0 Å². The van der Waals surface area contributed by atoms with Crippen LogP contribution in [0.1, 0.15) is 50.5 Å². The van der Waals surface area contributed by atoms with Crippen LogP contribution in [0.4, 0.5) is 0 Å². The molecule has 23 heavy (non-hydrogen) atoms. The minimum atomic E-state index is 0. The highest BCUT2D eigenvalue weighted by atomic mass is 35.5. The molecule has 0 radical (unpaired) electrons. The summed E-state index contributed by atoms with van der Waals surface area (Å²) in [6.45, 7) is 1.07. The van der Waals surface area contributed by atoms with Crippen LogP contribution in [-0.4, -0.2) is 24.5 Å². The van der Waals surface area contributed by atoms with Crippen LogP contribution >= 0.6 is 12.4 Å². The highest BCUT2D eigenvalue weighted by Gasteiger charge is 2.27. The number of hydrogen-bond acceptors (Lipinski definition) is 2. The lowest BCUT2D eigenvalue weighted by atomic mass is 9.80. The Labute approximate surface area is 146 Å². The van der Waals surface area contributed by atoms with E-state index in [1.165, 1.54) is 31.2 Å². The number of rotatable bonds is 5. The van der Waals surface area contributed by atoms with Crippen LogP contribution in [0, 0.1) is 5.92 Å². The number of nitrogens with one attached hydrogen (secondary N) is 2. The molecule has 1 aromatic carbocycles. The van der Waals surface area contributed by atoms with Gasteiger partial charge in [0, 0.05) is 18.5 Å². The van der Waals surface area contributed by atoms with Crippen LogP contribution in [0.15, 0.2) is 30.3 Å². The molecule has 0 bridgehead atoms. The predicted octanol–water partition coefficient (Wildman–Crippen LogP) is 3.47. The van der Waals surface area contributed by atoms with E-state index in [0.29, 0.717) is 24.4 Å². The lowest BCUT2D eigenvalue weighted by molar-refractivity contribution is -0.122. The van der Waals surface area contributed by atoms with Crippen LogP contribution in [0.5, 0.6) is 0 Å². The van der Waals surface area contributed by atoms with E-state index in [2.05, 4.69) is 41.0 Å². The van der Waals surface area contributed by atoms with Gasteiger partial charge in [-0.3, -0.25) is 4.79 Å². The summed E-state index contributed by atoms with van der Waals surface area (Å²) in [5.74, 6) is 0.834. The van der Waals surface area contributed by atoms with Crippen molar-refractivity contribution in [2.75, 3.05) is 6.54 Å². The zero-order valence-corrected chi connectivity index (χ0v) is 14.6. The number of hydrogen-bond donors (Lipinski definition) is 2. The van der Waals surface area contributed by atoms with Crippen LogP contribution in [0.25, 0.3) is 0 Å². The maximum atomic E-state index is 12.3. The summed E-state index contributed by atoms with van der Waals surface area (Å²) in [5, 5.41) is 6.75. The lowest BCUT2D eigenvalue weighted by Gasteiger charge is -2.32. The van der Waals surface area contributed by atoms with Crippen molar-refractivity contribution >= 4 is 18.3 Å². The Balaban J connectivity index is 0.00000192. The van der Waals surface area contributed by atoms with Gasteiger partial charge >= 0.3 is 0 Å². The monoisotopic (exact) mass is 336 g/mol. The average Bonchev–Trinajstić information content (AvgIpc) is 3.03. The Morgan fingerprint density at radius 1 is 1.09 bits per heavy atom. The molecule has 1 amide bonds. The SMILES string of the molecule is Cl.O=C(CC1CCCN1)NC1CCCCC1Cc1ccccc1. The van der Waals surface area contributed by atoms with Crippen molar-refractivity contribution in [3.63, 3.8) is 0 Å². The maximum absolute atomic E-state index is 12.3. The molecule has 1 saturated carbocycles. The molecule has 0 spiro atoms. The predicted molar refractivity (Wildman–Crippen MR) is 96.9 cm³/mol. The van der Waals surface area contributed by atoms with E-state index in [0.717, 1.165) is 25.8 Å². The second kappa shape index (κ2) is 9.29. The van der Waals surface area contributed by atoms with Crippen molar-refractivity contribution < 1.29 is 4.79 Å². The molecule has 2 fully saturated rings.